The van der Waals surface area contributed by atoms with Gasteiger partial charge in [-0.1, -0.05) is 32.8 Å². The van der Waals surface area contributed by atoms with Crippen molar-refractivity contribution in [3.8, 4) is 5.75 Å². The summed E-state index contributed by atoms with van der Waals surface area (Å²) in [6.07, 6.45) is 6.25. The molecule has 0 fully saturated rings. The highest BCUT2D eigenvalue weighted by Gasteiger charge is 2.21. The number of benzene rings is 1. The molecule has 0 unspecified atom stereocenters. The Morgan fingerprint density at radius 1 is 1.13 bits per heavy atom. The Hall–Kier alpha value is -2.89. The lowest BCUT2D eigenvalue weighted by Crippen LogP contribution is -2.34. The molecule has 1 aromatic carbocycles. The first kappa shape index (κ1) is 22.8. The van der Waals surface area contributed by atoms with Gasteiger partial charge in [0, 0.05) is 30.4 Å². The number of aromatic nitrogens is 1. The van der Waals surface area contributed by atoms with E-state index in [-0.39, 0.29) is 11.1 Å². The summed E-state index contributed by atoms with van der Waals surface area (Å²) >= 11 is 0. The molecule has 0 atom stereocenters. The molecule has 0 saturated heterocycles. The number of rotatable bonds is 5. The van der Waals surface area contributed by atoms with Crippen LogP contribution in [0.3, 0.4) is 0 Å². The number of carbonyl (C=O) groups is 2. The maximum Gasteiger partial charge on any atom is 0.308 e. The zero-order valence-corrected chi connectivity index (χ0v) is 18.9. The monoisotopic (exact) mass is 424 g/mol. The van der Waals surface area contributed by atoms with Gasteiger partial charge in [-0.15, -0.1) is 0 Å². The van der Waals surface area contributed by atoms with Crippen LogP contribution >= 0.6 is 0 Å². The van der Waals surface area contributed by atoms with Gasteiger partial charge in [0.15, 0.2) is 0 Å². The Morgan fingerprint density at radius 3 is 2.52 bits per heavy atom. The topological polar surface area (TPSA) is 77.4 Å². The molecule has 0 bridgehead atoms. The highest BCUT2D eigenvalue weighted by atomic mass is 16.5. The van der Waals surface area contributed by atoms with Crippen LogP contribution < -0.4 is 15.6 Å². The van der Waals surface area contributed by atoms with Crippen molar-refractivity contribution in [2.45, 2.75) is 72.8 Å². The van der Waals surface area contributed by atoms with Gasteiger partial charge in [-0.3, -0.25) is 14.4 Å². The Bertz CT molecular complexity index is 1040. The van der Waals surface area contributed by atoms with E-state index in [1.807, 2.05) is 4.57 Å². The Labute approximate surface area is 183 Å². The summed E-state index contributed by atoms with van der Waals surface area (Å²) in [4.78, 5) is 37.8. The van der Waals surface area contributed by atoms with Crippen molar-refractivity contribution in [3.05, 3.63) is 57.0 Å². The number of nitrogens with one attached hydrogen (secondary N) is 1. The van der Waals surface area contributed by atoms with Crippen LogP contribution in [0.15, 0.2) is 29.1 Å². The van der Waals surface area contributed by atoms with E-state index in [1.54, 1.807) is 31.2 Å². The Kier molecular flexibility index (Phi) is 7.31. The smallest absolute Gasteiger partial charge is 0.308 e. The summed E-state index contributed by atoms with van der Waals surface area (Å²) in [6.45, 7) is 7.87. The fraction of sp³-hybridized carbons (Fsp3) is 0.480. The minimum Gasteiger partial charge on any atom is -0.426 e. The van der Waals surface area contributed by atoms with Crippen molar-refractivity contribution in [2.24, 2.45) is 5.92 Å². The molecule has 6 heteroatoms. The van der Waals surface area contributed by atoms with Crippen molar-refractivity contribution >= 4 is 17.6 Å². The van der Waals surface area contributed by atoms with Gasteiger partial charge >= 0.3 is 5.97 Å². The Balaban J connectivity index is 2.00. The van der Waals surface area contributed by atoms with E-state index < -0.39 is 11.9 Å². The molecule has 166 valence electrons. The number of hydrogen-bond acceptors (Lipinski definition) is 4. The number of nitrogens with zero attached hydrogens (tertiary/aromatic N) is 1. The van der Waals surface area contributed by atoms with Gasteiger partial charge in [0.25, 0.3) is 11.5 Å². The van der Waals surface area contributed by atoms with Gasteiger partial charge in [-0.25, -0.2) is 0 Å². The standard InChI is InChI=1S/C25H32N2O4/c1-16(2)15-27-22-12-8-6-5-7-10-19(22)14-20(25(27)30)24(29)26-21-11-9-13-23(17(21)3)31-18(4)28/h9,11,13-14,16H,5-8,10,12,15H2,1-4H3,(H,26,29). The number of hydrogen-bond donors (Lipinski definition) is 1. The largest absolute Gasteiger partial charge is 0.426 e. The van der Waals surface area contributed by atoms with Crippen LogP contribution in [0.4, 0.5) is 5.69 Å². The number of amides is 1. The second-order valence-electron chi connectivity index (χ2n) is 8.73. The van der Waals surface area contributed by atoms with E-state index >= 15 is 0 Å². The zero-order chi connectivity index (χ0) is 22.5. The van der Waals surface area contributed by atoms with E-state index in [4.69, 9.17) is 4.74 Å². The highest BCUT2D eigenvalue weighted by molar-refractivity contribution is 6.04. The summed E-state index contributed by atoms with van der Waals surface area (Å²) in [5, 5.41) is 2.85. The number of esters is 1. The van der Waals surface area contributed by atoms with Gasteiger partial charge in [0.1, 0.15) is 11.3 Å². The summed E-state index contributed by atoms with van der Waals surface area (Å²) in [7, 11) is 0. The molecule has 31 heavy (non-hydrogen) atoms. The van der Waals surface area contributed by atoms with Crippen LogP contribution in [0, 0.1) is 12.8 Å². The van der Waals surface area contributed by atoms with Crippen LogP contribution in [-0.2, 0) is 24.2 Å². The molecule has 2 aromatic rings. The molecule has 0 saturated carbocycles. The molecule has 6 nitrogen and oxygen atoms in total. The van der Waals surface area contributed by atoms with Crippen molar-refractivity contribution < 1.29 is 14.3 Å². The van der Waals surface area contributed by atoms with Gasteiger partial charge in [0.2, 0.25) is 0 Å². The van der Waals surface area contributed by atoms with Gasteiger partial charge in [-0.05, 0) is 62.3 Å². The van der Waals surface area contributed by atoms with E-state index in [0.29, 0.717) is 29.5 Å². The Morgan fingerprint density at radius 2 is 1.84 bits per heavy atom. The minimum atomic E-state index is -0.435. The van der Waals surface area contributed by atoms with Crippen molar-refractivity contribution in [1.82, 2.24) is 4.57 Å². The average Bonchev–Trinajstić information content (AvgIpc) is 2.67. The predicted molar refractivity (Wildman–Crippen MR) is 122 cm³/mol. The molecule has 0 spiro atoms. The van der Waals surface area contributed by atoms with Crippen LogP contribution in [0.2, 0.25) is 0 Å². The molecule has 0 radical (unpaired) electrons. The molecule has 3 rings (SSSR count). The second kappa shape index (κ2) is 9.94. The van der Waals surface area contributed by atoms with Crippen molar-refractivity contribution in [3.63, 3.8) is 0 Å². The molecule has 1 N–H and O–H groups in total. The quantitative estimate of drug-likeness (QED) is 0.560. The number of aryl methyl sites for hydroxylation is 1. The van der Waals surface area contributed by atoms with Crippen LogP contribution in [-0.4, -0.2) is 16.4 Å². The van der Waals surface area contributed by atoms with Crippen LogP contribution in [0.25, 0.3) is 0 Å². The molecular weight excluding hydrogens is 392 g/mol. The molecular formula is C25H32N2O4. The molecule has 0 aliphatic heterocycles. The van der Waals surface area contributed by atoms with Crippen LogP contribution in [0.5, 0.6) is 5.75 Å². The number of anilines is 1. The van der Waals surface area contributed by atoms with Crippen LogP contribution in [0.1, 0.15) is 73.6 Å². The van der Waals surface area contributed by atoms with Crippen molar-refractivity contribution in [1.29, 1.82) is 0 Å². The maximum absolute atomic E-state index is 13.3. The lowest BCUT2D eigenvalue weighted by atomic mass is 9.95. The lowest BCUT2D eigenvalue weighted by Gasteiger charge is -2.22. The lowest BCUT2D eigenvalue weighted by molar-refractivity contribution is -0.131. The normalized spacial score (nSPS) is 13.8. The fourth-order valence-electron chi connectivity index (χ4n) is 4.16. The highest BCUT2D eigenvalue weighted by Crippen LogP contribution is 2.26. The molecule has 1 amide bonds. The summed E-state index contributed by atoms with van der Waals surface area (Å²) < 4.78 is 7.03. The molecule has 1 aliphatic rings. The summed E-state index contributed by atoms with van der Waals surface area (Å²) in [5.41, 5.74) is 3.28. The fourth-order valence-corrected chi connectivity index (χ4v) is 4.16. The minimum absolute atomic E-state index is 0.164. The molecule has 1 aliphatic carbocycles. The first-order valence-corrected chi connectivity index (χ1v) is 11.1. The maximum atomic E-state index is 13.3. The number of ether oxygens (including phenoxy) is 1. The molecule has 1 heterocycles. The SMILES string of the molecule is CC(=O)Oc1cccc(NC(=O)c2cc3c(n(CC(C)C)c2=O)CCCCCC3)c1C. The van der Waals surface area contributed by atoms with Gasteiger partial charge in [-0.2, -0.15) is 0 Å². The van der Waals surface area contributed by atoms with E-state index in [9.17, 15) is 14.4 Å². The number of fused-ring (bicyclic) bond motifs is 1. The third-order valence-corrected chi connectivity index (χ3v) is 5.68. The first-order chi connectivity index (χ1) is 14.8. The van der Waals surface area contributed by atoms with Crippen molar-refractivity contribution in [2.75, 3.05) is 5.32 Å². The predicted octanol–water partition coefficient (Wildman–Crippen LogP) is 4.65. The van der Waals surface area contributed by atoms with E-state index in [2.05, 4.69) is 19.2 Å². The number of pyridine rings is 1. The second-order valence-corrected chi connectivity index (χ2v) is 8.73. The van der Waals surface area contributed by atoms with Gasteiger partial charge in [0.05, 0.1) is 0 Å². The van der Waals surface area contributed by atoms with Gasteiger partial charge < -0.3 is 14.6 Å². The number of carbonyl (C=O) groups excluding carboxylic acids is 2. The zero-order valence-electron chi connectivity index (χ0n) is 18.9. The van der Waals surface area contributed by atoms with E-state index in [1.165, 1.54) is 19.8 Å². The first-order valence-electron chi connectivity index (χ1n) is 11.1. The summed E-state index contributed by atoms with van der Waals surface area (Å²) in [5.74, 6) is -0.172. The average molecular weight is 425 g/mol. The van der Waals surface area contributed by atoms with E-state index in [0.717, 1.165) is 36.9 Å². The summed E-state index contributed by atoms with van der Waals surface area (Å²) in [6, 6.07) is 6.91. The third kappa shape index (κ3) is 5.43. The third-order valence-electron chi connectivity index (χ3n) is 5.68. The molecule has 1 aromatic heterocycles.